The zero-order valence-corrected chi connectivity index (χ0v) is 15.8. The van der Waals surface area contributed by atoms with Crippen molar-refractivity contribution in [2.75, 3.05) is 13.2 Å². The van der Waals surface area contributed by atoms with Crippen molar-refractivity contribution in [2.45, 2.75) is 37.9 Å². The molecule has 2 atom stereocenters. The first kappa shape index (κ1) is 18.7. The van der Waals surface area contributed by atoms with Gasteiger partial charge in [-0.05, 0) is 53.2 Å². The Hall–Kier alpha value is -2.63. The lowest BCUT2D eigenvalue weighted by Gasteiger charge is -2.29. The minimum Gasteiger partial charge on any atom is -0.459 e. The van der Waals surface area contributed by atoms with Crippen LogP contribution in [0.2, 0.25) is 0 Å². The van der Waals surface area contributed by atoms with Gasteiger partial charge in [0, 0.05) is 18.9 Å². The molecule has 0 spiro atoms. The molecule has 0 bridgehead atoms. The lowest BCUT2D eigenvalue weighted by Crippen LogP contribution is -2.30. The summed E-state index contributed by atoms with van der Waals surface area (Å²) in [7, 11) is 0. The summed E-state index contributed by atoms with van der Waals surface area (Å²) in [6.45, 7) is 0.616. The van der Waals surface area contributed by atoms with E-state index in [2.05, 4.69) is 42.5 Å². The molecule has 146 valence electrons. The Morgan fingerprint density at radius 1 is 1.14 bits per heavy atom. The molecule has 3 N–H and O–H groups in total. The van der Waals surface area contributed by atoms with E-state index in [9.17, 15) is 4.79 Å². The Labute approximate surface area is 164 Å². The molecule has 0 radical (unpaired) electrons. The van der Waals surface area contributed by atoms with E-state index in [0.717, 1.165) is 18.4 Å². The molecule has 0 fully saturated rings. The largest absolute Gasteiger partial charge is 0.459 e. The molecule has 28 heavy (non-hydrogen) atoms. The minimum atomic E-state index is -0.581. The van der Waals surface area contributed by atoms with E-state index in [1.165, 1.54) is 22.3 Å². The van der Waals surface area contributed by atoms with Crippen LogP contribution in [0.15, 0.2) is 54.3 Å². The average Bonchev–Trinajstić information content (AvgIpc) is 3.09. The SMILES string of the molecule is NC(=O)C1=C[C@@H](c2ccc3c(c2)Cc2ccccc2-3)C[C@@H](OCCCCO)O1. The number of rotatable bonds is 7. The minimum absolute atomic E-state index is 0.00750. The van der Waals surface area contributed by atoms with Crippen molar-refractivity contribution in [2.24, 2.45) is 5.73 Å². The number of benzene rings is 2. The Bertz CT molecular complexity index is 905. The Balaban J connectivity index is 1.55. The van der Waals surface area contributed by atoms with Crippen LogP contribution in [0, 0.1) is 0 Å². The van der Waals surface area contributed by atoms with E-state index in [1.807, 2.05) is 0 Å². The number of ether oxygens (including phenoxy) is 2. The van der Waals surface area contributed by atoms with Crippen molar-refractivity contribution >= 4 is 5.91 Å². The van der Waals surface area contributed by atoms with Crippen molar-refractivity contribution in [1.29, 1.82) is 0 Å². The van der Waals surface area contributed by atoms with Crippen LogP contribution >= 0.6 is 0 Å². The molecule has 1 heterocycles. The van der Waals surface area contributed by atoms with E-state index >= 15 is 0 Å². The number of unbranched alkanes of at least 4 members (excludes halogenated alkanes) is 1. The Morgan fingerprint density at radius 2 is 1.96 bits per heavy atom. The molecule has 4 rings (SSSR count). The third-order valence-electron chi connectivity index (χ3n) is 5.40. The van der Waals surface area contributed by atoms with Crippen molar-refractivity contribution < 1.29 is 19.4 Å². The highest BCUT2D eigenvalue weighted by Crippen LogP contribution is 2.39. The predicted octanol–water partition coefficient (Wildman–Crippen LogP) is 3.25. The monoisotopic (exact) mass is 379 g/mol. The average molecular weight is 379 g/mol. The number of aliphatic hydroxyl groups is 1. The quantitative estimate of drug-likeness (QED) is 0.618. The van der Waals surface area contributed by atoms with Gasteiger partial charge in [0.2, 0.25) is 6.29 Å². The molecule has 5 heteroatoms. The maximum absolute atomic E-state index is 11.7. The summed E-state index contributed by atoms with van der Waals surface area (Å²) in [4.78, 5) is 11.7. The molecule has 2 aromatic rings. The molecular weight excluding hydrogens is 354 g/mol. The van der Waals surface area contributed by atoms with E-state index in [4.69, 9.17) is 20.3 Å². The molecule has 0 unspecified atom stereocenters. The molecule has 0 aromatic heterocycles. The van der Waals surface area contributed by atoms with Crippen LogP contribution in [0.1, 0.15) is 41.9 Å². The molecule has 1 aliphatic carbocycles. The standard InChI is InChI=1S/C23H25NO4/c24-23(26)21-13-17(14-22(28-21)27-10-4-3-9-25)15-7-8-20-18(11-15)12-16-5-1-2-6-19(16)20/h1-2,5-8,11,13,17,22,25H,3-4,9-10,12,14H2,(H2,24,26)/t17-,22+/m1/s1. The molecule has 1 amide bonds. The Morgan fingerprint density at radius 3 is 2.79 bits per heavy atom. The molecule has 1 aliphatic heterocycles. The van der Waals surface area contributed by atoms with Gasteiger partial charge in [0.05, 0.1) is 6.61 Å². The van der Waals surface area contributed by atoms with E-state index in [-0.39, 0.29) is 18.3 Å². The first-order valence-electron chi connectivity index (χ1n) is 9.77. The zero-order chi connectivity index (χ0) is 19.5. The van der Waals surface area contributed by atoms with Gasteiger partial charge in [-0.3, -0.25) is 4.79 Å². The second-order valence-electron chi connectivity index (χ2n) is 7.34. The number of hydrogen-bond donors (Lipinski definition) is 2. The van der Waals surface area contributed by atoms with Crippen LogP contribution in [0.5, 0.6) is 0 Å². The number of amides is 1. The van der Waals surface area contributed by atoms with Gasteiger partial charge in [0.25, 0.3) is 5.91 Å². The second kappa shape index (κ2) is 8.17. The second-order valence-corrected chi connectivity index (χ2v) is 7.34. The lowest BCUT2D eigenvalue weighted by atomic mass is 9.90. The first-order chi connectivity index (χ1) is 13.7. The van der Waals surface area contributed by atoms with E-state index < -0.39 is 12.2 Å². The summed E-state index contributed by atoms with van der Waals surface area (Å²) >= 11 is 0. The predicted molar refractivity (Wildman–Crippen MR) is 106 cm³/mol. The highest BCUT2D eigenvalue weighted by molar-refractivity contribution is 5.90. The summed E-state index contributed by atoms with van der Waals surface area (Å²) in [6, 6.07) is 15.0. The summed E-state index contributed by atoms with van der Waals surface area (Å²) in [5, 5.41) is 8.89. The highest BCUT2D eigenvalue weighted by Gasteiger charge is 2.28. The van der Waals surface area contributed by atoms with Crippen molar-refractivity contribution in [3.05, 3.63) is 71.0 Å². The molecular formula is C23H25NO4. The number of carbonyl (C=O) groups is 1. The van der Waals surface area contributed by atoms with Crippen LogP contribution in [0.25, 0.3) is 11.1 Å². The smallest absolute Gasteiger partial charge is 0.283 e. The van der Waals surface area contributed by atoms with Crippen LogP contribution in [-0.2, 0) is 20.7 Å². The van der Waals surface area contributed by atoms with Crippen molar-refractivity contribution in [1.82, 2.24) is 0 Å². The first-order valence-corrected chi connectivity index (χ1v) is 9.77. The van der Waals surface area contributed by atoms with Gasteiger partial charge in [0.15, 0.2) is 5.76 Å². The van der Waals surface area contributed by atoms with Gasteiger partial charge in [-0.15, -0.1) is 0 Å². The van der Waals surface area contributed by atoms with Crippen molar-refractivity contribution in [3.63, 3.8) is 0 Å². The normalized spacial score (nSPS) is 20.1. The number of aliphatic hydroxyl groups excluding tert-OH is 1. The van der Waals surface area contributed by atoms with Gasteiger partial charge >= 0.3 is 0 Å². The van der Waals surface area contributed by atoms with Gasteiger partial charge in [-0.2, -0.15) is 0 Å². The number of primary amides is 1. The van der Waals surface area contributed by atoms with Crippen LogP contribution < -0.4 is 5.73 Å². The number of allylic oxidation sites excluding steroid dienone is 1. The Kier molecular flexibility index (Phi) is 5.46. The van der Waals surface area contributed by atoms with Crippen LogP contribution in [0.3, 0.4) is 0 Å². The fourth-order valence-corrected chi connectivity index (χ4v) is 3.99. The van der Waals surface area contributed by atoms with Gasteiger partial charge in [-0.25, -0.2) is 0 Å². The van der Waals surface area contributed by atoms with Crippen LogP contribution in [-0.4, -0.2) is 30.5 Å². The molecule has 5 nitrogen and oxygen atoms in total. The summed E-state index contributed by atoms with van der Waals surface area (Å²) in [5.74, 6) is -0.414. The third kappa shape index (κ3) is 3.81. The van der Waals surface area contributed by atoms with Crippen molar-refractivity contribution in [3.8, 4) is 11.1 Å². The number of hydrogen-bond acceptors (Lipinski definition) is 4. The molecule has 0 saturated carbocycles. The summed E-state index contributed by atoms with van der Waals surface area (Å²) < 4.78 is 11.4. The highest BCUT2D eigenvalue weighted by atomic mass is 16.7. The maximum Gasteiger partial charge on any atom is 0.283 e. The third-order valence-corrected chi connectivity index (χ3v) is 5.40. The molecule has 2 aromatic carbocycles. The molecule has 2 aliphatic rings. The number of fused-ring (bicyclic) bond motifs is 3. The lowest BCUT2D eigenvalue weighted by molar-refractivity contribution is -0.144. The fraction of sp³-hybridized carbons (Fsp3) is 0.348. The zero-order valence-electron chi connectivity index (χ0n) is 15.8. The summed E-state index contributed by atoms with van der Waals surface area (Å²) in [5.41, 5.74) is 11.8. The number of nitrogens with two attached hydrogens (primary N) is 1. The van der Waals surface area contributed by atoms with E-state index in [0.29, 0.717) is 19.4 Å². The van der Waals surface area contributed by atoms with Gasteiger partial charge < -0.3 is 20.3 Å². The van der Waals surface area contributed by atoms with Gasteiger partial charge in [0.1, 0.15) is 0 Å². The summed E-state index contributed by atoms with van der Waals surface area (Å²) in [6.07, 6.45) is 4.27. The fourth-order valence-electron chi connectivity index (χ4n) is 3.99. The maximum atomic E-state index is 11.7. The topological polar surface area (TPSA) is 81.8 Å². The number of carbonyl (C=O) groups excluding carboxylic acids is 1. The van der Waals surface area contributed by atoms with Crippen LogP contribution in [0.4, 0.5) is 0 Å². The molecule has 0 saturated heterocycles. The van der Waals surface area contributed by atoms with E-state index in [1.54, 1.807) is 6.08 Å². The van der Waals surface area contributed by atoms with Gasteiger partial charge in [-0.1, -0.05) is 42.5 Å².